The van der Waals surface area contributed by atoms with Gasteiger partial charge in [-0.05, 0) is 36.0 Å². The van der Waals surface area contributed by atoms with Gasteiger partial charge in [-0.25, -0.2) is 0 Å². The Morgan fingerprint density at radius 3 is 2.31 bits per heavy atom. The van der Waals surface area contributed by atoms with Crippen LogP contribution in [0.2, 0.25) is 6.32 Å². The van der Waals surface area contributed by atoms with Crippen LogP contribution in [0.15, 0.2) is 18.2 Å². The molecule has 0 unspecified atom stereocenters. The fourth-order valence-corrected chi connectivity index (χ4v) is 1.68. The van der Waals surface area contributed by atoms with E-state index < -0.39 is 0 Å². The van der Waals surface area contributed by atoms with Crippen molar-refractivity contribution in [1.82, 2.24) is 0 Å². The summed E-state index contributed by atoms with van der Waals surface area (Å²) in [7, 11) is 5.52. The van der Waals surface area contributed by atoms with Gasteiger partial charge < -0.3 is 0 Å². The Hall–Kier alpha value is -0.715. The van der Waals surface area contributed by atoms with Crippen LogP contribution in [0.3, 0.4) is 0 Å². The van der Waals surface area contributed by atoms with Crippen LogP contribution in [0.5, 0.6) is 0 Å². The normalized spacial score (nSPS) is 10.3. The average Bonchev–Trinajstić information content (AvgIpc) is 2.18. The lowest BCUT2D eigenvalue weighted by molar-refractivity contribution is 1.01. The Bertz CT molecular complexity index is 266. The van der Waals surface area contributed by atoms with Gasteiger partial charge in [0.1, 0.15) is 0 Å². The second-order valence-corrected chi connectivity index (χ2v) is 3.35. The van der Waals surface area contributed by atoms with Crippen molar-refractivity contribution in [3.8, 4) is 0 Å². The molecule has 1 aromatic rings. The van der Waals surface area contributed by atoms with Gasteiger partial charge in [0.2, 0.25) is 0 Å². The fraction of sp³-hybridized carbons (Fsp3) is 0.500. The highest BCUT2D eigenvalue weighted by Crippen LogP contribution is 2.14. The van der Waals surface area contributed by atoms with E-state index in [1.54, 1.807) is 0 Å². The van der Waals surface area contributed by atoms with Crippen molar-refractivity contribution in [2.45, 2.75) is 39.4 Å². The minimum Gasteiger partial charge on any atom is -0.0847 e. The summed E-state index contributed by atoms with van der Waals surface area (Å²) < 4.78 is 0. The monoisotopic (exact) mass is 172 g/mol. The largest absolute Gasteiger partial charge is 0.0847 e. The maximum absolute atomic E-state index is 5.52. The summed E-state index contributed by atoms with van der Waals surface area (Å²) in [6.45, 7) is 4.41. The summed E-state index contributed by atoms with van der Waals surface area (Å²) in [5.74, 6) is 0. The van der Waals surface area contributed by atoms with Crippen molar-refractivity contribution in [2.75, 3.05) is 0 Å². The summed E-state index contributed by atoms with van der Waals surface area (Å²) in [5.41, 5.74) is 4.33. The van der Waals surface area contributed by atoms with Crippen LogP contribution in [0.1, 0.15) is 30.5 Å². The second kappa shape index (κ2) is 5.11. The van der Waals surface area contributed by atoms with E-state index in [2.05, 4.69) is 32.0 Å². The highest BCUT2D eigenvalue weighted by Gasteiger charge is 1.99. The van der Waals surface area contributed by atoms with Crippen molar-refractivity contribution >= 4 is 7.85 Å². The number of rotatable bonds is 4. The van der Waals surface area contributed by atoms with E-state index in [1.165, 1.54) is 16.7 Å². The van der Waals surface area contributed by atoms with E-state index in [0.29, 0.717) is 0 Å². The van der Waals surface area contributed by atoms with Crippen LogP contribution in [0, 0.1) is 0 Å². The van der Waals surface area contributed by atoms with Crippen molar-refractivity contribution in [1.29, 1.82) is 0 Å². The zero-order valence-electron chi connectivity index (χ0n) is 8.64. The van der Waals surface area contributed by atoms with Crippen LogP contribution in [0.4, 0.5) is 0 Å². The molecule has 0 nitrogen and oxygen atoms in total. The summed E-state index contributed by atoms with van der Waals surface area (Å²) in [5, 5.41) is 0. The first-order chi connectivity index (χ1) is 6.31. The van der Waals surface area contributed by atoms with Crippen LogP contribution in [-0.4, -0.2) is 7.85 Å². The van der Waals surface area contributed by atoms with E-state index >= 15 is 0 Å². The average molecular weight is 172 g/mol. The van der Waals surface area contributed by atoms with Gasteiger partial charge >= 0.3 is 0 Å². The maximum Gasteiger partial charge on any atom is 0.0657 e. The van der Waals surface area contributed by atoms with Gasteiger partial charge in [0.15, 0.2) is 0 Å². The van der Waals surface area contributed by atoms with Crippen LogP contribution in [0.25, 0.3) is 0 Å². The molecule has 13 heavy (non-hydrogen) atoms. The molecule has 0 fully saturated rings. The van der Waals surface area contributed by atoms with Crippen molar-refractivity contribution in [3.63, 3.8) is 0 Å². The molecule has 0 aliphatic heterocycles. The maximum atomic E-state index is 5.52. The highest BCUT2D eigenvalue weighted by molar-refractivity contribution is 6.08. The van der Waals surface area contributed by atoms with Crippen molar-refractivity contribution in [3.05, 3.63) is 34.9 Å². The van der Waals surface area contributed by atoms with Gasteiger partial charge in [-0.2, -0.15) is 0 Å². The van der Waals surface area contributed by atoms with E-state index in [9.17, 15) is 0 Å². The zero-order valence-corrected chi connectivity index (χ0v) is 8.64. The predicted molar refractivity (Wildman–Crippen MR) is 59.5 cm³/mol. The molecule has 0 aromatic heterocycles. The molecule has 0 N–H and O–H groups in total. The predicted octanol–water partition coefficient (Wildman–Crippen LogP) is 2.94. The fourth-order valence-electron chi connectivity index (χ4n) is 1.68. The van der Waals surface area contributed by atoms with E-state index in [-0.39, 0.29) is 0 Å². The third kappa shape index (κ3) is 2.62. The standard InChI is InChI=1S/C12H17B/c1-3-11-6-5-10(7-8-13)9-12(11)4-2/h5-6,9H,3-4,7-8H2,1-2H3. The Balaban J connectivity index is 2.91. The lowest BCUT2D eigenvalue weighted by atomic mass is 9.93. The smallest absolute Gasteiger partial charge is 0.0657 e. The molecule has 1 rings (SSSR count). The molecule has 0 bridgehead atoms. The Morgan fingerprint density at radius 2 is 1.77 bits per heavy atom. The number of hydrogen-bond donors (Lipinski definition) is 0. The van der Waals surface area contributed by atoms with Crippen molar-refractivity contribution in [2.24, 2.45) is 0 Å². The summed E-state index contributed by atoms with van der Waals surface area (Å²) in [4.78, 5) is 0. The molecular weight excluding hydrogens is 155 g/mol. The molecule has 0 saturated carbocycles. The van der Waals surface area contributed by atoms with E-state index in [0.717, 1.165) is 25.6 Å². The molecular formula is C12H17B. The first-order valence-corrected chi connectivity index (χ1v) is 5.12. The van der Waals surface area contributed by atoms with Crippen molar-refractivity contribution < 1.29 is 0 Å². The first kappa shape index (κ1) is 10.4. The van der Waals surface area contributed by atoms with Gasteiger partial charge in [-0.1, -0.05) is 38.4 Å². The molecule has 1 heteroatoms. The summed E-state index contributed by atoms with van der Waals surface area (Å²) in [6, 6.07) is 6.74. The van der Waals surface area contributed by atoms with Gasteiger partial charge in [0.25, 0.3) is 0 Å². The molecule has 0 aliphatic carbocycles. The molecule has 2 radical (unpaired) electrons. The van der Waals surface area contributed by atoms with Gasteiger partial charge in [-0.3, -0.25) is 0 Å². The van der Waals surface area contributed by atoms with E-state index in [4.69, 9.17) is 7.85 Å². The van der Waals surface area contributed by atoms with Gasteiger partial charge in [-0.15, -0.1) is 0 Å². The minimum absolute atomic E-state index is 0.745. The first-order valence-electron chi connectivity index (χ1n) is 5.12. The Labute approximate surface area is 82.8 Å². The number of hydrogen-bond acceptors (Lipinski definition) is 0. The lowest BCUT2D eigenvalue weighted by Crippen LogP contribution is -1.93. The lowest BCUT2D eigenvalue weighted by Gasteiger charge is -2.08. The summed E-state index contributed by atoms with van der Waals surface area (Å²) in [6.07, 6.45) is 4.00. The SMILES string of the molecule is [B]CCc1ccc(CC)c(CC)c1. The molecule has 0 heterocycles. The Morgan fingerprint density at radius 1 is 1.08 bits per heavy atom. The molecule has 0 amide bonds. The zero-order chi connectivity index (χ0) is 9.68. The molecule has 0 saturated heterocycles. The topological polar surface area (TPSA) is 0 Å². The minimum atomic E-state index is 0.745. The number of benzene rings is 1. The van der Waals surface area contributed by atoms with E-state index in [1.807, 2.05) is 0 Å². The highest BCUT2D eigenvalue weighted by atomic mass is 14.0. The van der Waals surface area contributed by atoms with Crippen LogP contribution >= 0.6 is 0 Å². The summed E-state index contributed by atoms with van der Waals surface area (Å²) >= 11 is 0. The quantitative estimate of drug-likeness (QED) is 0.612. The molecule has 0 spiro atoms. The number of aryl methyl sites for hydroxylation is 3. The molecule has 0 aliphatic rings. The third-order valence-corrected chi connectivity index (χ3v) is 2.47. The van der Waals surface area contributed by atoms with Crippen LogP contribution < -0.4 is 0 Å². The molecule has 1 aromatic carbocycles. The second-order valence-electron chi connectivity index (χ2n) is 3.35. The molecule has 68 valence electrons. The molecule has 0 atom stereocenters. The van der Waals surface area contributed by atoms with Gasteiger partial charge in [0, 0.05) is 0 Å². The Kier molecular flexibility index (Phi) is 4.07. The van der Waals surface area contributed by atoms with Crippen LogP contribution in [-0.2, 0) is 19.3 Å². The third-order valence-electron chi connectivity index (χ3n) is 2.47. The van der Waals surface area contributed by atoms with Gasteiger partial charge in [0.05, 0.1) is 7.85 Å².